The topological polar surface area (TPSA) is 83.8 Å². The molecule has 0 aliphatic carbocycles. The number of carbonyl (C=O) groups is 2. The van der Waals surface area contributed by atoms with E-state index in [1.807, 2.05) is 0 Å². The van der Waals surface area contributed by atoms with Gasteiger partial charge in [0.1, 0.15) is 11.0 Å². The first-order chi connectivity index (χ1) is 8.45. The molecule has 0 saturated heterocycles. The molecule has 0 aliphatic rings. The first-order valence-electron chi connectivity index (χ1n) is 5.12. The molecule has 1 aromatic rings. The first-order valence-corrected chi connectivity index (χ1v) is 6.98. The van der Waals surface area contributed by atoms with Gasteiger partial charge in [0.05, 0.1) is 13.2 Å². The molecule has 0 fully saturated rings. The molecule has 18 heavy (non-hydrogen) atoms. The third kappa shape index (κ3) is 4.09. The minimum Gasteiger partial charge on any atom is -0.465 e. The lowest BCUT2D eigenvalue weighted by atomic mass is 10.1. The van der Waals surface area contributed by atoms with Crippen molar-refractivity contribution in [1.29, 1.82) is 0 Å². The standard InChI is InChI=1S/C11H14O5S2/c1-6(12)17-5-8(13)10(14)7-3-9(18-4-7)11(15)16-2/h3-4,8,10,13-14H,5H2,1-2H3. The monoisotopic (exact) mass is 290 g/mol. The predicted octanol–water partition coefficient (Wildman–Crippen LogP) is 1.21. The fraction of sp³-hybridized carbons (Fsp3) is 0.455. The van der Waals surface area contributed by atoms with Crippen LogP contribution in [0.5, 0.6) is 0 Å². The second-order valence-electron chi connectivity index (χ2n) is 3.55. The minimum absolute atomic E-state index is 0.111. The van der Waals surface area contributed by atoms with Crippen LogP contribution in [0.1, 0.15) is 28.3 Å². The van der Waals surface area contributed by atoms with Gasteiger partial charge in [0.15, 0.2) is 5.12 Å². The van der Waals surface area contributed by atoms with E-state index in [1.165, 1.54) is 20.1 Å². The summed E-state index contributed by atoms with van der Waals surface area (Å²) in [5.74, 6) is -0.369. The number of carbonyl (C=O) groups excluding carboxylic acids is 2. The average molecular weight is 290 g/mol. The average Bonchev–Trinajstić information content (AvgIpc) is 2.83. The van der Waals surface area contributed by atoms with E-state index in [2.05, 4.69) is 4.74 Å². The summed E-state index contributed by atoms with van der Waals surface area (Å²) in [5.41, 5.74) is 0.442. The smallest absolute Gasteiger partial charge is 0.348 e. The number of aliphatic hydroxyl groups is 2. The number of esters is 1. The molecule has 1 aromatic heterocycles. The van der Waals surface area contributed by atoms with Gasteiger partial charge in [-0.25, -0.2) is 4.79 Å². The van der Waals surface area contributed by atoms with E-state index in [4.69, 9.17) is 0 Å². The van der Waals surface area contributed by atoms with Crippen molar-refractivity contribution in [1.82, 2.24) is 0 Å². The van der Waals surface area contributed by atoms with E-state index in [0.29, 0.717) is 10.4 Å². The van der Waals surface area contributed by atoms with Gasteiger partial charge < -0.3 is 14.9 Å². The molecular formula is C11H14O5S2. The predicted molar refractivity (Wildman–Crippen MR) is 69.8 cm³/mol. The Hall–Kier alpha value is -0.890. The van der Waals surface area contributed by atoms with Crippen molar-refractivity contribution in [2.24, 2.45) is 0 Å². The Labute approximate surface area is 113 Å². The van der Waals surface area contributed by atoms with Crippen LogP contribution in [0.4, 0.5) is 0 Å². The molecule has 0 radical (unpaired) electrons. The van der Waals surface area contributed by atoms with E-state index >= 15 is 0 Å². The fourth-order valence-electron chi connectivity index (χ4n) is 1.23. The number of rotatable bonds is 5. The minimum atomic E-state index is -1.12. The van der Waals surface area contributed by atoms with Crippen molar-refractivity contribution in [3.05, 3.63) is 21.9 Å². The van der Waals surface area contributed by atoms with E-state index < -0.39 is 18.2 Å². The Morgan fingerprint density at radius 3 is 2.72 bits per heavy atom. The molecule has 0 spiro atoms. The molecule has 1 rings (SSSR count). The molecule has 0 amide bonds. The second kappa shape index (κ2) is 6.89. The molecule has 100 valence electrons. The Bertz CT molecular complexity index is 429. The highest BCUT2D eigenvalue weighted by Crippen LogP contribution is 2.25. The summed E-state index contributed by atoms with van der Waals surface area (Å²) in [7, 11) is 1.27. The maximum atomic E-state index is 11.2. The number of methoxy groups -OCH3 is 1. The number of thioether (sulfide) groups is 1. The highest BCUT2D eigenvalue weighted by Gasteiger charge is 2.21. The zero-order chi connectivity index (χ0) is 13.7. The van der Waals surface area contributed by atoms with Crippen LogP contribution in [0.3, 0.4) is 0 Å². The molecule has 0 aromatic carbocycles. The van der Waals surface area contributed by atoms with Gasteiger partial charge >= 0.3 is 5.97 Å². The lowest BCUT2D eigenvalue weighted by molar-refractivity contribution is -0.109. The van der Waals surface area contributed by atoms with Crippen molar-refractivity contribution in [2.45, 2.75) is 19.1 Å². The van der Waals surface area contributed by atoms with E-state index in [-0.39, 0.29) is 10.9 Å². The van der Waals surface area contributed by atoms with Crippen LogP contribution in [0.25, 0.3) is 0 Å². The van der Waals surface area contributed by atoms with Gasteiger partial charge in [-0.05, 0) is 17.0 Å². The third-order valence-electron chi connectivity index (χ3n) is 2.17. The summed E-state index contributed by atoms with van der Waals surface area (Å²) in [5, 5.41) is 21.0. The fourth-order valence-corrected chi connectivity index (χ4v) is 2.67. The van der Waals surface area contributed by atoms with Gasteiger partial charge in [-0.1, -0.05) is 11.8 Å². The van der Waals surface area contributed by atoms with Gasteiger partial charge in [0, 0.05) is 12.7 Å². The van der Waals surface area contributed by atoms with Gasteiger partial charge in [-0.15, -0.1) is 11.3 Å². The van der Waals surface area contributed by atoms with Gasteiger partial charge in [0.25, 0.3) is 0 Å². The molecule has 0 saturated carbocycles. The Morgan fingerprint density at radius 2 is 2.17 bits per heavy atom. The Morgan fingerprint density at radius 1 is 1.50 bits per heavy atom. The normalized spacial score (nSPS) is 14.0. The number of hydrogen-bond donors (Lipinski definition) is 2. The zero-order valence-corrected chi connectivity index (χ0v) is 11.6. The number of hydrogen-bond acceptors (Lipinski definition) is 7. The third-order valence-corrected chi connectivity index (χ3v) is 4.01. The van der Waals surface area contributed by atoms with Gasteiger partial charge in [0.2, 0.25) is 0 Å². The summed E-state index contributed by atoms with van der Waals surface area (Å²) < 4.78 is 4.55. The molecule has 0 aliphatic heterocycles. The highest BCUT2D eigenvalue weighted by molar-refractivity contribution is 8.13. The molecule has 0 bridgehead atoms. The molecule has 1 heterocycles. The molecule has 5 nitrogen and oxygen atoms in total. The van der Waals surface area contributed by atoms with Crippen LogP contribution >= 0.6 is 23.1 Å². The van der Waals surface area contributed by atoms with Gasteiger partial charge in [-0.2, -0.15) is 0 Å². The maximum Gasteiger partial charge on any atom is 0.348 e. The van der Waals surface area contributed by atoms with Crippen molar-refractivity contribution < 1.29 is 24.5 Å². The van der Waals surface area contributed by atoms with Crippen molar-refractivity contribution in [3.8, 4) is 0 Å². The van der Waals surface area contributed by atoms with Crippen LogP contribution in [0, 0.1) is 0 Å². The Kier molecular flexibility index (Phi) is 5.80. The zero-order valence-electron chi connectivity index (χ0n) is 9.95. The SMILES string of the molecule is COC(=O)c1cc(C(O)C(O)CSC(C)=O)cs1. The molecular weight excluding hydrogens is 276 g/mol. The van der Waals surface area contributed by atoms with Crippen molar-refractivity contribution >= 4 is 34.2 Å². The van der Waals surface area contributed by atoms with Crippen LogP contribution < -0.4 is 0 Å². The molecule has 2 N–H and O–H groups in total. The summed E-state index contributed by atoms with van der Waals surface area (Å²) >= 11 is 2.08. The number of thiophene rings is 1. The maximum absolute atomic E-state index is 11.2. The summed E-state index contributed by atoms with van der Waals surface area (Å²) in [6.07, 6.45) is -2.18. The summed E-state index contributed by atoms with van der Waals surface area (Å²) in [6, 6.07) is 1.48. The van der Waals surface area contributed by atoms with E-state index in [1.54, 1.807) is 5.38 Å². The second-order valence-corrected chi connectivity index (χ2v) is 5.66. The van der Waals surface area contributed by atoms with Crippen LogP contribution in [0.15, 0.2) is 11.4 Å². The highest BCUT2D eigenvalue weighted by atomic mass is 32.2. The lowest BCUT2D eigenvalue weighted by Gasteiger charge is -2.15. The van der Waals surface area contributed by atoms with Crippen LogP contribution in [-0.4, -0.2) is 40.3 Å². The van der Waals surface area contributed by atoms with E-state index in [9.17, 15) is 19.8 Å². The van der Waals surface area contributed by atoms with Crippen molar-refractivity contribution in [2.75, 3.05) is 12.9 Å². The molecule has 2 atom stereocenters. The molecule has 2 unspecified atom stereocenters. The Balaban J connectivity index is 2.65. The largest absolute Gasteiger partial charge is 0.465 e. The lowest BCUT2D eigenvalue weighted by Crippen LogP contribution is -2.21. The van der Waals surface area contributed by atoms with Crippen LogP contribution in [-0.2, 0) is 9.53 Å². The number of aliphatic hydroxyl groups excluding tert-OH is 2. The summed E-state index contributed by atoms with van der Waals surface area (Å²) in [4.78, 5) is 22.3. The quantitative estimate of drug-likeness (QED) is 0.793. The van der Waals surface area contributed by atoms with Crippen molar-refractivity contribution in [3.63, 3.8) is 0 Å². The number of ether oxygens (including phenoxy) is 1. The van der Waals surface area contributed by atoms with E-state index in [0.717, 1.165) is 23.1 Å². The van der Waals surface area contributed by atoms with Gasteiger partial charge in [-0.3, -0.25) is 4.79 Å². The molecule has 7 heteroatoms. The summed E-state index contributed by atoms with van der Waals surface area (Å²) in [6.45, 7) is 1.39. The van der Waals surface area contributed by atoms with Crippen LogP contribution in [0.2, 0.25) is 0 Å². The first kappa shape index (κ1) is 15.2.